The summed E-state index contributed by atoms with van der Waals surface area (Å²) in [4.78, 5) is 16.8. The number of nitrogens with one attached hydrogen (secondary N) is 1. The number of hydrogen-bond acceptors (Lipinski definition) is 5. The van der Waals surface area contributed by atoms with Crippen LogP contribution in [0, 0.1) is 13.8 Å². The van der Waals surface area contributed by atoms with E-state index in [1.165, 1.54) is 11.3 Å². The molecule has 1 N–H and O–H groups in total. The van der Waals surface area contributed by atoms with Crippen molar-refractivity contribution >= 4 is 39.7 Å². The summed E-state index contributed by atoms with van der Waals surface area (Å²) >= 11 is 7.48. The molecule has 1 heterocycles. The second kappa shape index (κ2) is 6.24. The first-order valence-electron chi connectivity index (χ1n) is 6.19. The normalized spacial score (nSPS) is 10.4. The van der Waals surface area contributed by atoms with Gasteiger partial charge < -0.3 is 10.1 Å². The van der Waals surface area contributed by atoms with Gasteiger partial charge in [-0.2, -0.15) is 0 Å². The van der Waals surface area contributed by atoms with Crippen molar-refractivity contribution in [2.24, 2.45) is 0 Å². The van der Waals surface area contributed by atoms with Crippen LogP contribution in [0.3, 0.4) is 0 Å². The number of thiazole rings is 1. The Labute approximate surface area is 126 Å². The van der Waals surface area contributed by atoms with Crippen molar-refractivity contribution < 1.29 is 9.53 Å². The van der Waals surface area contributed by atoms with Gasteiger partial charge in [-0.05, 0) is 38.5 Å². The van der Waals surface area contributed by atoms with Gasteiger partial charge in [0.15, 0.2) is 10.8 Å². The predicted molar refractivity (Wildman–Crippen MR) is 82.3 cm³/mol. The van der Waals surface area contributed by atoms with Crippen molar-refractivity contribution in [1.82, 2.24) is 4.98 Å². The zero-order valence-electron chi connectivity index (χ0n) is 11.5. The minimum Gasteiger partial charge on any atom is -0.461 e. The number of esters is 1. The van der Waals surface area contributed by atoms with Gasteiger partial charge in [-0.25, -0.2) is 9.78 Å². The lowest BCUT2D eigenvalue weighted by Crippen LogP contribution is -2.06. The van der Waals surface area contributed by atoms with Crippen LogP contribution in [0.4, 0.5) is 10.8 Å². The first-order valence-corrected chi connectivity index (χ1v) is 7.38. The van der Waals surface area contributed by atoms with Crippen LogP contribution in [0.5, 0.6) is 0 Å². The fraction of sp³-hybridized carbons (Fsp3) is 0.286. The first kappa shape index (κ1) is 14.8. The molecule has 0 bridgehead atoms. The topological polar surface area (TPSA) is 51.2 Å². The van der Waals surface area contributed by atoms with E-state index in [-0.39, 0.29) is 0 Å². The lowest BCUT2D eigenvalue weighted by atomic mass is 10.2. The summed E-state index contributed by atoms with van der Waals surface area (Å²) in [6.07, 6.45) is 0. The van der Waals surface area contributed by atoms with E-state index in [1.54, 1.807) is 6.92 Å². The molecule has 2 rings (SSSR count). The van der Waals surface area contributed by atoms with Gasteiger partial charge >= 0.3 is 5.97 Å². The number of aryl methyl sites for hydroxylation is 2. The van der Waals surface area contributed by atoms with E-state index in [0.29, 0.717) is 22.5 Å². The minimum absolute atomic E-state index is 0.339. The maximum atomic E-state index is 11.7. The Morgan fingerprint density at radius 3 is 2.85 bits per heavy atom. The first-order chi connectivity index (χ1) is 9.51. The van der Waals surface area contributed by atoms with Crippen LogP contribution in [-0.2, 0) is 4.74 Å². The van der Waals surface area contributed by atoms with Crippen LogP contribution in [-0.4, -0.2) is 17.6 Å². The van der Waals surface area contributed by atoms with Crippen LogP contribution < -0.4 is 5.32 Å². The van der Waals surface area contributed by atoms with Crippen LogP contribution in [0.2, 0.25) is 5.02 Å². The Hall–Kier alpha value is -1.59. The highest BCUT2D eigenvalue weighted by Crippen LogP contribution is 2.28. The number of carbonyl (C=O) groups excluding carboxylic acids is 1. The molecule has 20 heavy (non-hydrogen) atoms. The Balaban J connectivity index is 2.20. The molecule has 6 heteroatoms. The number of hydrogen-bond donors (Lipinski definition) is 1. The number of benzene rings is 1. The van der Waals surface area contributed by atoms with Gasteiger partial charge in [0.05, 0.1) is 6.61 Å². The van der Waals surface area contributed by atoms with Gasteiger partial charge in [-0.15, -0.1) is 11.3 Å². The van der Waals surface area contributed by atoms with E-state index in [1.807, 2.05) is 32.0 Å². The number of ether oxygens (including phenoxy) is 1. The standard InChI is InChI=1S/C14H15ClN2O2S/c1-4-19-13(18)12-9(3)20-14(17-12)16-10-6-5-8(2)11(15)7-10/h5-7H,4H2,1-3H3,(H,16,17). The Morgan fingerprint density at radius 1 is 1.45 bits per heavy atom. The lowest BCUT2D eigenvalue weighted by molar-refractivity contribution is 0.0519. The third-order valence-electron chi connectivity index (χ3n) is 2.69. The zero-order chi connectivity index (χ0) is 14.7. The minimum atomic E-state index is -0.392. The van der Waals surface area contributed by atoms with Gasteiger partial charge in [0.1, 0.15) is 0 Å². The molecule has 1 aromatic carbocycles. The van der Waals surface area contributed by atoms with E-state index < -0.39 is 5.97 Å². The molecule has 0 spiro atoms. The summed E-state index contributed by atoms with van der Waals surface area (Å²) in [6, 6.07) is 5.68. The van der Waals surface area contributed by atoms with Crippen molar-refractivity contribution in [2.45, 2.75) is 20.8 Å². The summed E-state index contributed by atoms with van der Waals surface area (Å²) in [5.41, 5.74) is 2.21. The summed E-state index contributed by atoms with van der Waals surface area (Å²) in [5, 5.41) is 4.48. The number of anilines is 2. The van der Waals surface area contributed by atoms with Crippen molar-refractivity contribution in [2.75, 3.05) is 11.9 Å². The quantitative estimate of drug-likeness (QED) is 0.854. The molecule has 0 saturated heterocycles. The van der Waals surface area contributed by atoms with E-state index in [4.69, 9.17) is 16.3 Å². The van der Waals surface area contributed by atoms with Crippen LogP contribution in [0.25, 0.3) is 0 Å². The summed E-state index contributed by atoms with van der Waals surface area (Å²) in [6.45, 7) is 5.90. The average molecular weight is 311 g/mol. The molecule has 0 aliphatic heterocycles. The third kappa shape index (κ3) is 3.29. The molecule has 1 aromatic heterocycles. The molecule has 106 valence electrons. The van der Waals surface area contributed by atoms with Gasteiger partial charge in [0, 0.05) is 15.6 Å². The summed E-state index contributed by atoms with van der Waals surface area (Å²) in [5.74, 6) is -0.392. The van der Waals surface area contributed by atoms with Crippen molar-refractivity contribution in [3.8, 4) is 0 Å². The van der Waals surface area contributed by atoms with Gasteiger partial charge in [-0.1, -0.05) is 17.7 Å². The molecule has 4 nitrogen and oxygen atoms in total. The van der Waals surface area contributed by atoms with E-state index in [9.17, 15) is 4.79 Å². The maximum Gasteiger partial charge on any atom is 0.358 e. The largest absolute Gasteiger partial charge is 0.461 e. The van der Waals surface area contributed by atoms with E-state index in [0.717, 1.165) is 16.1 Å². The number of aromatic nitrogens is 1. The maximum absolute atomic E-state index is 11.7. The smallest absolute Gasteiger partial charge is 0.358 e. The highest BCUT2D eigenvalue weighted by atomic mass is 35.5. The number of nitrogens with zero attached hydrogens (tertiary/aromatic N) is 1. The second-order valence-electron chi connectivity index (χ2n) is 4.23. The van der Waals surface area contributed by atoms with Crippen LogP contribution in [0.1, 0.15) is 27.9 Å². The second-order valence-corrected chi connectivity index (χ2v) is 5.84. The number of halogens is 1. The molecule has 0 radical (unpaired) electrons. The fourth-order valence-corrected chi connectivity index (χ4v) is 2.63. The Bertz CT molecular complexity index is 640. The van der Waals surface area contributed by atoms with E-state index >= 15 is 0 Å². The molecule has 0 atom stereocenters. The summed E-state index contributed by atoms with van der Waals surface area (Å²) in [7, 11) is 0. The highest BCUT2D eigenvalue weighted by Gasteiger charge is 2.16. The molecule has 0 aliphatic rings. The third-order valence-corrected chi connectivity index (χ3v) is 3.98. The number of carbonyl (C=O) groups is 1. The average Bonchev–Trinajstić information content (AvgIpc) is 2.75. The predicted octanol–water partition coefficient (Wildman–Crippen LogP) is 4.33. The molecule has 0 amide bonds. The molecule has 0 unspecified atom stereocenters. The Kier molecular flexibility index (Phi) is 4.62. The van der Waals surface area contributed by atoms with Gasteiger partial charge in [0.2, 0.25) is 0 Å². The lowest BCUT2D eigenvalue weighted by Gasteiger charge is -2.04. The molecular formula is C14H15ClN2O2S. The fourth-order valence-electron chi connectivity index (χ4n) is 1.63. The molecule has 2 aromatic rings. The van der Waals surface area contributed by atoms with E-state index in [2.05, 4.69) is 10.3 Å². The molecule has 0 fully saturated rings. The SMILES string of the molecule is CCOC(=O)c1nc(Nc2ccc(C)c(Cl)c2)sc1C. The van der Waals surface area contributed by atoms with Crippen LogP contribution >= 0.6 is 22.9 Å². The number of rotatable bonds is 4. The van der Waals surface area contributed by atoms with Gasteiger partial charge in [-0.3, -0.25) is 0 Å². The monoisotopic (exact) mass is 310 g/mol. The van der Waals surface area contributed by atoms with Crippen molar-refractivity contribution in [3.63, 3.8) is 0 Å². The van der Waals surface area contributed by atoms with Crippen molar-refractivity contribution in [3.05, 3.63) is 39.4 Å². The molecular weight excluding hydrogens is 296 g/mol. The van der Waals surface area contributed by atoms with Crippen LogP contribution in [0.15, 0.2) is 18.2 Å². The highest BCUT2D eigenvalue weighted by molar-refractivity contribution is 7.15. The molecule has 0 saturated carbocycles. The van der Waals surface area contributed by atoms with Crippen molar-refractivity contribution in [1.29, 1.82) is 0 Å². The Morgan fingerprint density at radius 2 is 2.20 bits per heavy atom. The van der Waals surface area contributed by atoms with Gasteiger partial charge in [0.25, 0.3) is 0 Å². The summed E-state index contributed by atoms with van der Waals surface area (Å²) < 4.78 is 4.96. The zero-order valence-corrected chi connectivity index (χ0v) is 13.1. The molecule has 0 aliphatic carbocycles.